The lowest BCUT2D eigenvalue weighted by Crippen LogP contribution is -2.16. The van der Waals surface area contributed by atoms with Crippen molar-refractivity contribution in [1.82, 2.24) is 4.98 Å². The highest BCUT2D eigenvalue weighted by Crippen LogP contribution is 2.11. The molecule has 1 heterocycles. The molecule has 0 spiro atoms. The van der Waals surface area contributed by atoms with E-state index in [0.717, 1.165) is 0 Å². The first kappa shape index (κ1) is 13.2. The summed E-state index contributed by atoms with van der Waals surface area (Å²) in [6.45, 7) is 0. The van der Waals surface area contributed by atoms with Crippen LogP contribution in [0.3, 0.4) is 0 Å². The molecule has 0 saturated heterocycles. The Bertz CT molecular complexity index is 705. The van der Waals surface area contributed by atoms with Crippen LogP contribution in [0.2, 0.25) is 0 Å². The van der Waals surface area contributed by atoms with Crippen molar-refractivity contribution in [1.29, 1.82) is 0 Å². The maximum Gasteiger partial charge on any atom is 0.256 e. The highest BCUT2D eigenvalue weighted by molar-refractivity contribution is 7.89. The van der Waals surface area contributed by atoms with Crippen LogP contribution >= 0.6 is 0 Å². The van der Waals surface area contributed by atoms with Crippen molar-refractivity contribution >= 4 is 21.7 Å². The number of carbonyl (C=O) groups excluding carboxylic acids is 1. The van der Waals surface area contributed by atoms with Crippen LogP contribution in [-0.4, -0.2) is 19.3 Å². The fraction of sp³-hybridized carbons (Fsp3) is 0. The van der Waals surface area contributed by atoms with E-state index in [2.05, 4.69) is 10.3 Å². The van der Waals surface area contributed by atoms with Crippen LogP contribution in [-0.2, 0) is 10.0 Å². The van der Waals surface area contributed by atoms with Crippen molar-refractivity contribution in [2.45, 2.75) is 4.90 Å². The van der Waals surface area contributed by atoms with Crippen molar-refractivity contribution in [3.63, 3.8) is 0 Å². The number of nitrogens with two attached hydrogens (primary N) is 1. The van der Waals surface area contributed by atoms with E-state index in [1.807, 2.05) is 0 Å². The average Bonchev–Trinajstić information content (AvgIpc) is 2.39. The molecule has 0 bridgehead atoms. The zero-order valence-electron chi connectivity index (χ0n) is 9.78. The Morgan fingerprint density at radius 1 is 1.21 bits per heavy atom. The zero-order chi connectivity index (χ0) is 13.9. The normalized spacial score (nSPS) is 11.0. The SMILES string of the molecule is NS(=O)(=O)c1cccc(C(=O)Nc2ccccn2)c1.[HH]. The molecule has 0 aliphatic carbocycles. The zero-order valence-corrected chi connectivity index (χ0v) is 10.6. The largest absolute Gasteiger partial charge is 0.307 e. The number of anilines is 1. The number of amides is 1. The molecule has 1 amide bonds. The van der Waals surface area contributed by atoms with Crippen LogP contribution < -0.4 is 10.5 Å². The first-order chi connectivity index (χ1) is 8.97. The van der Waals surface area contributed by atoms with Gasteiger partial charge in [-0.05, 0) is 30.3 Å². The number of nitrogens with one attached hydrogen (secondary N) is 1. The molecule has 0 atom stereocenters. The summed E-state index contributed by atoms with van der Waals surface area (Å²) in [4.78, 5) is 15.7. The number of benzene rings is 1. The fourth-order valence-corrected chi connectivity index (χ4v) is 2.00. The molecule has 7 heteroatoms. The number of primary sulfonamides is 1. The van der Waals surface area contributed by atoms with Gasteiger partial charge in [0.05, 0.1) is 4.90 Å². The number of nitrogens with zero attached hydrogens (tertiary/aromatic N) is 1. The second kappa shape index (κ2) is 5.17. The number of hydrogen-bond acceptors (Lipinski definition) is 4. The van der Waals surface area contributed by atoms with Crippen LogP contribution in [0, 0.1) is 0 Å². The van der Waals surface area contributed by atoms with Crippen LogP contribution in [0.1, 0.15) is 11.8 Å². The topological polar surface area (TPSA) is 102 Å². The second-order valence-electron chi connectivity index (χ2n) is 3.74. The maximum absolute atomic E-state index is 11.9. The summed E-state index contributed by atoms with van der Waals surface area (Å²) in [7, 11) is -3.83. The number of rotatable bonds is 3. The van der Waals surface area contributed by atoms with Gasteiger partial charge in [-0.25, -0.2) is 18.5 Å². The lowest BCUT2D eigenvalue weighted by molar-refractivity contribution is 0.102. The van der Waals surface area contributed by atoms with Gasteiger partial charge in [0.2, 0.25) is 10.0 Å². The molecule has 100 valence electrons. The molecule has 0 radical (unpaired) electrons. The Kier molecular flexibility index (Phi) is 3.59. The Labute approximate surface area is 111 Å². The third-order valence-corrected chi connectivity index (χ3v) is 3.24. The van der Waals surface area contributed by atoms with Gasteiger partial charge < -0.3 is 5.32 Å². The molecular formula is C12H13N3O3S. The van der Waals surface area contributed by atoms with E-state index in [1.165, 1.54) is 30.5 Å². The quantitative estimate of drug-likeness (QED) is 0.882. The van der Waals surface area contributed by atoms with Gasteiger partial charge in [0.25, 0.3) is 5.91 Å². The predicted molar refractivity (Wildman–Crippen MR) is 72.1 cm³/mol. The summed E-state index contributed by atoms with van der Waals surface area (Å²) in [5.41, 5.74) is 0.192. The third kappa shape index (κ3) is 3.36. The second-order valence-corrected chi connectivity index (χ2v) is 5.30. The molecule has 0 aliphatic rings. The van der Waals surface area contributed by atoms with Gasteiger partial charge in [0, 0.05) is 13.2 Å². The Balaban J connectivity index is 0.00000200. The highest BCUT2D eigenvalue weighted by Gasteiger charge is 2.12. The standard InChI is InChI=1S/C12H11N3O3S.H2/c13-19(17,18)10-5-3-4-9(8-10)12(16)15-11-6-1-2-7-14-11;/h1-8H,(H2,13,17,18)(H,14,15,16);1H. The van der Waals surface area contributed by atoms with Crippen LogP contribution in [0.15, 0.2) is 53.6 Å². The molecule has 1 aromatic carbocycles. The summed E-state index contributed by atoms with van der Waals surface area (Å²) >= 11 is 0. The number of aromatic nitrogens is 1. The first-order valence-electron chi connectivity index (χ1n) is 5.32. The van der Waals surface area contributed by atoms with E-state index in [-0.39, 0.29) is 11.9 Å². The molecule has 1 aromatic heterocycles. The predicted octanol–water partition coefficient (Wildman–Crippen LogP) is 1.23. The summed E-state index contributed by atoms with van der Waals surface area (Å²) in [6, 6.07) is 10.6. The first-order valence-corrected chi connectivity index (χ1v) is 6.87. The van der Waals surface area contributed by atoms with Crippen molar-refractivity contribution in [2.75, 3.05) is 5.32 Å². The van der Waals surface area contributed by atoms with E-state index in [0.29, 0.717) is 5.82 Å². The minimum Gasteiger partial charge on any atom is -0.307 e. The highest BCUT2D eigenvalue weighted by atomic mass is 32.2. The number of carbonyl (C=O) groups is 1. The van der Waals surface area contributed by atoms with E-state index < -0.39 is 15.9 Å². The van der Waals surface area contributed by atoms with Gasteiger partial charge in [-0.1, -0.05) is 12.1 Å². The molecule has 2 aromatic rings. The van der Waals surface area contributed by atoms with Crippen molar-refractivity contribution in [3.8, 4) is 0 Å². The minimum absolute atomic E-state index is 0. The van der Waals surface area contributed by atoms with Gasteiger partial charge in [0.15, 0.2) is 0 Å². The van der Waals surface area contributed by atoms with E-state index in [9.17, 15) is 13.2 Å². The lowest BCUT2D eigenvalue weighted by atomic mass is 10.2. The van der Waals surface area contributed by atoms with Gasteiger partial charge >= 0.3 is 0 Å². The molecular weight excluding hydrogens is 266 g/mol. The fourth-order valence-electron chi connectivity index (χ4n) is 1.44. The molecule has 0 fully saturated rings. The molecule has 19 heavy (non-hydrogen) atoms. The molecule has 3 N–H and O–H groups in total. The maximum atomic E-state index is 11.9. The van der Waals surface area contributed by atoms with E-state index in [1.54, 1.807) is 18.2 Å². The van der Waals surface area contributed by atoms with Crippen LogP contribution in [0.25, 0.3) is 0 Å². The Morgan fingerprint density at radius 2 is 2.00 bits per heavy atom. The summed E-state index contributed by atoms with van der Waals surface area (Å²) in [5.74, 6) is -0.0716. The van der Waals surface area contributed by atoms with Crippen LogP contribution in [0.5, 0.6) is 0 Å². The summed E-state index contributed by atoms with van der Waals surface area (Å²) < 4.78 is 22.4. The summed E-state index contributed by atoms with van der Waals surface area (Å²) in [5, 5.41) is 7.56. The van der Waals surface area contributed by atoms with Gasteiger partial charge in [-0.15, -0.1) is 0 Å². The van der Waals surface area contributed by atoms with Crippen molar-refractivity contribution in [2.24, 2.45) is 5.14 Å². The van der Waals surface area contributed by atoms with Crippen molar-refractivity contribution < 1.29 is 14.6 Å². The van der Waals surface area contributed by atoms with Crippen molar-refractivity contribution in [3.05, 3.63) is 54.2 Å². The average molecular weight is 279 g/mol. The number of hydrogen-bond donors (Lipinski definition) is 2. The third-order valence-electron chi connectivity index (χ3n) is 2.33. The number of pyridine rings is 1. The summed E-state index contributed by atoms with van der Waals surface area (Å²) in [6.07, 6.45) is 1.54. The lowest BCUT2D eigenvalue weighted by Gasteiger charge is -2.05. The number of sulfonamides is 1. The molecule has 0 unspecified atom stereocenters. The van der Waals surface area contributed by atoms with Gasteiger partial charge in [-0.2, -0.15) is 0 Å². The van der Waals surface area contributed by atoms with Gasteiger partial charge in [-0.3, -0.25) is 4.79 Å². The Hall–Kier alpha value is -2.25. The molecule has 0 saturated carbocycles. The van der Waals surface area contributed by atoms with Crippen LogP contribution in [0.4, 0.5) is 5.82 Å². The molecule has 6 nitrogen and oxygen atoms in total. The molecule has 0 aliphatic heterocycles. The smallest absolute Gasteiger partial charge is 0.256 e. The Morgan fingerprint density at radius 3 is 2.63 bits per heavy atom. The molecule has 2 rings (SSSR count). The monoisotopic (exact) mass is 279 g/mol. The minimum atomic E-state index is -3.83. The van der Waals surface area contributed by atoms with E-state index in [4.69, 9.17) is 5.14 Å². The van der Waals surface area contributed by atoms with E-state index >= 15 is 0 Å². The van der Waals surface area contributed by atoms with Gasteiger partial charge in [0.1, 0.15) is 5.82 Å².